The largest absolute Gasteiger partial charge is 0.481 e. The van der Waals surface area contributed by atoms with Gasteiger partial charge in [0.05, 0.1) is 5.56 Å². The molecule has 3 nitrogen and oxygen atoms in total. The number of carboxylic acid groups (broad SMARTS) is 1. The average molecular weight is 397 g/mol. The number of carboxylic acids is 1. The summed E-state index contributed by atoms with van der Waals surface area (Å²) >= 11 is 0. The number of nitrogens with zero attached hydrogens (tertiary/aromatic N) is 1. The molecule has 152 valence electrons. The minimum atomic E-state index is -4.47. The highest BCUT2D eigenvalue weighted by molar-refractivity contribution is 5.67. The summed E-state index contributed by atoms with van der Waals surface area (Å²) in [5, 5.41) is 8.98. The Bertz CT molecular complexity index is 626. The van der Waals surface area contributed by atoms with Crippen molar-refractivity contribution in [2.75, 3.05) is 13.1 Å². The van der Waals surface area contributed by atoms with E-state index in [1.807, 2.05) is 4.90 Å². The smallest absolute Gasteiger partial charge is 0.416 e. The first-order valence-electron chi connectivity index (χ1n) is 8.65. The summed E-state index contributed by atoms with van der Waals surface area (Å²) < 4.78 is 75.4. The molecule has 0 spiro atoms. The van der Waals surface area contributed by atoms with Gasteiger partial charge in [0.15, 0.2) is 0 Å². The molecule has 2 atom stereocenters. The molecule has 1 aliphatic rings. The number of benzene rings is 1. The van der Waals surface area contributed by atoms with E-state index >= 15 is 0 Å². The molecular weight excluding hydrogens is 376 g/mol. The Hall–Kier alpha value is -1.77. The van der Waals surface area contributed by atoms with Gasteiger partial charge in [0, 0.05) is 18.9 Å². The number of carbonyl (C=O) groups is 1. The van der Waals surface area contributed by atoms with Gasteiger partial charge in [-0.1, -0.05) is 12.1 Å². The van der Waals surface area contributed by atoms with Crippen molar-refractivity contribution in [3.8, 4) is 0 Å². The highest BCUT2D eigenvalue weighted by Crippen LogP contribution is 2.37. The Labute approximate surface area is 153 Å². The van der Waals surface area contributed by atoms with Gasteiger partial charge >= 0.3 is 18.3 Å². The van der Waals surface area contributed by atoms with Gasteiger partial charge in [-0.2, -0.15) is 26.3 Å². The van der Waals surface area contributed by atoms with Crippen LogP contribution in [0.15, 0.2) is 24.3 Å². The molecule has 27 heavy (non-hydrogen) atoms. The van der Waals surface area contributed by atoms with Crippen molar-refractivity contribution in [1.82, 2.24) is 4.90 Å². The summed E-state index contributed by atoms with van der Waals surface area (Å²) in [4.78, 5) is 12.8. The molecule has 0 bridgehead atoms. The molecule has 1 aromatic rings. The van der Waals surface area contributed by atoms with E-state index in [4.69, 9.17) is 5.11 Å². The van der Waals surface area contributed by atoms with Crippen molar-refractivity contribution in [3.63, 3.8) is 0 Å². The van der Waals surface area contributed by atoms with E-state index in [1.54, 1.807) is 0 Å². The predicted molar refractivity (Wildman–Crippen MR) is 86.0 cm³/mol. The van der Waals surface area contributed by atoms with E-state index in [0.29, 0.717) is 24.9 Å². The Kier molecular flexibility index (Phi) is 6.77. The van der Waals surface area contributed by atoms with E-state index in [0.717, 1.165) is 12.1 Å². The van der Waals surface area contributed by atoms with Crippen molar-refractivity contribution in [3.05, 3.63) is 35.4 Å². The van der Waals surface area contributed by atoms with Crippen LogP contribution in [0.2, 0.25) is 0 Å². The molecule has 9 heteroatoms. The first-order chi connectivity index (χ1) is 12.5. The first kappa shape index (κ1) is 21.5. The molecule has 0 saturated carbocycles. The zero-order valence-corrected chi connectivity index (χ0v) is 14.5. The number of halogens is 6. The highest BCUT2D eigenvalue weighted by Gasteiger charge is 2.34. The van der Waals surface area contributed by atoms with Crippen LogP contribution < -0.4 is 0 Å². The van der Waals surface area contributed by atoms with Gasteiger partial charge in [-0.05, 0) is 56.0 Å². The first-order valence-corrected chi connectivity index (χ1v) is 8.65. The minimum absolute atomic E-state index is 0.0620. The normalized spacial score (nSPS) is 22.0. The molecule has 0 radical (unpaired) electrons. The van der Waals surface area contributed by atoms with Crippen molar-refractivity contribution >= 4 is 5.97 Å². The highest BCUT2D eigenvalue weighted by atomic mass is 19.4. The lowest BCUT2D eigenvalue weighted by Crippen LogP contribution is -2.38. The second-order valence-corrected chi connectivity index (χ2v) is 6.88. The molecular formula is C18H21F6NO2. The number of hydrogen-bond acceptors (Lipinski definition) is 2. The monoisotopic (exact) mass is 397 g/mol. The Morgan fingerprint density at radius 1 is 1.11 bits per heavy atom. The molecule has 2 rings (SSSR count). The maximum Gasteiger partial charge on any atom is 0.416 e. The summed E-state index contributed by atoms with van der Waals surface area (Å²) in [6.07, 6.45) is -8.90. The van der Waals surface area contributed by atoms with Crippen molar-refractivity contribution in [1.29, 1.82) is 0 Å². The molecule has 1 N–H and O–H groups in total. The van der Waals surface area contributed by atoms with Gasteiger partial charge in [-0.25, -0.2) is 0 Å². The molecule has 1 aliphatic heterocycles. The predicted octanol–water partition coefficient (Wildman–Crippen LogP) is 5.28. The van der Waals surface area contributed by atoms with E-state index in [9.17, 15) is 31.1 Å². The van der Waals surface area contributed by atoms with Gasteiger partial charge in [0.25, 0.3) is 0 Å². The minimum Gasteiger partial charge on any atom is -0.481 e. The summed E-state index contributed by atoms with van der Waals surface area (Å²) in [5.41, 5.74) is -0.238. The van der Waals surface area contributed by atoms with E-state index < -0.39 is 36.3 Å². The van der Waals surface area contributed by atoms with Crippen molar-refractivity contribution in [2.45, 2.75) is 50.5 Å². The van der Waals surface area contributed by atoms with Gasteiger partial charge in [-0.3, -0.25) is 9.69 Å². The summed E-state index contributed by atoms with van der Waals surface area (Å²) in [7, 11) is 0. The Balaban J connectivity index is 2.14. The summed E-state index contributed by atoms with van der Waals surface area (Å²) in [6.45, 7) is 0.576. The lowest BCUT2D eigenvalue weighted by atomic mass is 9.85. The number of hydrogen-bond donors (Lipinski definition) is 1. The van der Waals surface area contributed by atoms with Crippen LogP contribution in [0.25, 0.3) is 0 Å². The quantitative estimate of drug-likeness (QED) is 0.665. The third kappa shape index (κ3) is 6.71. The van der Waals surface area contributed by atoms with E-state index in [-0.39, 0.29) is 25.3 Å². The van der Waals surface area contributed by atoms with Crippen LogP contribution in [0.1, 0.15) is 49.3 Å². The van der Waals surface area contributed by atoms with Gasteiger partial charge in [0.2, 0.25) is 0 Å². The summed E-state index contributed by atoms with van der Waals surface area (Å²) in [5.74, 6) is -1.12. The van der Waals surface area contributed by atoms with E-state index in [1.165, 1.54) is 12.1 Å². The molecule has 1 unspecified atom stereocenters. The molecule has 1 saturated heterocycles. The standard InChI is InChI=1S/C18H21F6NO2/c19-17(20,21)7-1-8-25-9-6-12(11-16(26)27)10-15(25)13-2-4-14(5-3-13)18(22,23)24/h2-5,12,15H,1,6-11H2,(H,26,27)/t12?,15-/m0/s1. The van der Waals surface area contributed by atoms with Gasteiger partial charge < -0.3 is 5.11 Å². The second kappa shape index (κ2) is 8.50. The van der Waals surface area contributed by atoms with Crippen LogP contribution in [-0.2, 0) is 11.0 Å². The zero-order chi connectivity index (χ0) is 20.2. The molecule has 1 aromatic carbocycles. The number of piperidine rings is 1. The van der Waals surface area contributed by atoms with Crippen LogP contribution in [0.3, 0.4) is 0 Å². The van der Waals surface area contributed by atoms with Crippen LogP contribution >= 0.6 is 0 Å². The van der Waals surface area contributed by atoms with Crippen LogP contribution in [0, 0.1) is 5.92 Å². The van der Waals surface area contributed by atoms with Crippen LogP contribution in [-0.4, -0.2) is 35.2 Å². The molecule has 1 fully saturated rings. The molecule has 0 aliphatic carbocycles. The molecule has 1 heterocycles. The SMILES string of the molecule is O=C(O)CC1CCN(CCCC(F)(F)F)[C@H](c2ccc(C(F)(F)F)cc2)C1. The second-order valence-electron chi connectivity index (χ2n) is 6.88. The molecule has 0 aromatic heterocycles. The average Bonchev–Trinajstić information content (AvgIpc) is 2.53. The fraction of sp³-hybridized carbons (Fsp3) is 0.611. The van der Waals surface area contributed by atoms with Gasteiger partial charge in [-0.15, -0.1) is 0 Å². The Morgan fingerprint density at radius 3 is 2.26 bits per heavy atom. The zero-order valence-electron chi connectivity index (χ0n) is 14.5. The number of likely N-dealkylation sites (tertiary alicyclic amines) is 1. The lowest BCUT2D eigenvalue weighted by Gasteiger charge is -2.39. The van der Waals surface area contributed by atoms with Crippen molar-refractivity contribution < 1.29 is 36.2 Å². The fourth-order valence-electron chi connectivity index (χ4n) is 3.51. The number of alkyl halides is 6. The third-order valence-electron chi connectivity index (χ3n) is 4.81. The number of aliphatic carboxylic acids is 1. The fourth-order valence-corrected chi connectivity index (χ4v) is 3.51. The molecule has 0 amide bonds. The number of rotatable bonds is 6. The Morgan fingerprint density at radius 2 is 1.74 bits per heavy atom. The maximum absolute atomic E-state index is 12.7. The van der Waals surface area contributed by atoms with Crippen LogP contribution in [0.5, 0.6) is 0 Å². The maximum atomic E-state index is 12.7. The van der Waals surface area contributed by atoms with Gasteiger partial charge in [0.1, 0.15) is 0 Å². The van der Waals surface area contributed by atoms with E-state index in [2.05, 4.69) is 0 Å². The topological polar surface area (TPSA) is 40.5 Å². The summed E-state index contributed by atoms with van der Waals surface area (Å²) in [6, 6.07) is 4.16. The van der Waals surface area contributed by atoms with Crippen molar-refractivity contribution in [2.24, 2.45) is 5.92 Å². The third-order valence-corrected chi connectivity index (χ3v) is 4.81. The lowest BCUT2D eigenvalue weighted by molar-refractivity contribution is -0.140. The van der Waals surface area contributed by atoms with Crippen LogP contribution in [0.4, 0.5) is 26.3 Å².